The smallest absolute Gasteiger partial charge is 0.338 e. The average Bonchev–Trinajstić information content (AvgIpc) is 3.03. The molecule has 17 heavy (non-hydrogen) atoms. The lowest BCUT2D eigenvalue weighted by molar-refractivity contribution is 0.0699. The van der Waals surface area contributed by atoms with Gasteiger partial charge in [-0.2, -0.15) is 0 Å². The van der Waals surface area contributed by atoms with Gasteiger partial charge in [0, 0.05) is 11.9 Å². The van der Waals surface area contributed by atoms with Gasteiger partial charge < -0.3 is 10.4 Å². The van der Waals surface area contributed by atoms with Gasteiger partial charge in [0.25, 0.3) is 0 Å². The Bertz CT molecular complexity index is 577. The second kappa shape index (κ2) is 3.96. The minimum absolute atomic E-state index is 0.252. The van der Waals surface area contributed by atoms with Gasteiger partial charge in [0.05, 0.1) is 10.3 Å². The normalized spacial score (nSPS) is 15.1. The van der Waals surface area contributed by atoms with Crippen LogP contribution >= 0.6 is 11.3 Å². The van der Waals surface area contributed by atoms with E-state index in [0.717, 1.165) is 23.0 Å². The molecule has 0 amide bonds. The van der Waals surface area contributed by atoms with Gasteiger partial charge in [-0.25, -0.2) is 14.8 Å². The first kappa shape index (κ1) is 10.5. The van der Waals surface area contributed by atoms with Crippen LogP contribution in [-0.4, -0.2) is 27.6 Å². The van der Waals surface area contributed by atoms with E-state index in [9.17, 15) is 4.79 Å². The van der Waals surface area contributed by atoms with Crippen molar-refractivity contribution in [3.8, 4) is 0 Å². The molecular weight excluding hydrogens is 238 g/mol. The Morgan fingerprint density at radius 3 is 3.06 bits per heavy atom. The highest BCUT2D eigenvalue weighted by Crippen LogP contribution is 2.32. The number of carboxylic acids is 1. The predicted molar refractivity (Wildman–Crippen MR) is 65.6 cm³/mol. The van der Waals surface area contributed by atoms with Gasteiger partial charge in [0.1, 0.15) is 17.7 Å². The third-order valence-electron chi connectivity index (χ3n) is 2.84. The maximum absolute atomic E-state index is 11.0. The molecule has 0 spiro atoms. The van der Waals surface area contributed by atoms with E-state index in [2.05, 4.69) is 15.3 Å². The van der Waals surface area contributed by atoms with Crippen LogP contribution in [0.3, 0.4) is 0 Å². The number of anilines is 1. The highest BCUT2D eigenvalue weighted by atomic mass is 32.1. The Morgan fingerprint density at radius 2 is 2.35 bits per heavy atom. The SMILES string of the molecule is O=C(O)c1csc2c(NCC3CC3)ncnc12. The van der Waals surface area contributed by atoms with Crippen molar-refractivity contribution in [1.82, 2.24) is 9.97 Å². The van der Waals surface area contributed by atoms with Crippen LogP contribution in [-0.2, 0) is 0 Å². The molecule has 6 heteroatoms. The first-order chi connectivity index (χ1) is 8.25. The summed E-state index contributed by atoms with van der Waals surface area (Å²) in [7, 11) is 0. The van der Waals surface area contributed by atoms with Gasteiger partial charge in [-0.1, -0.05) is 0 Å². The highest BCUT2D eigenvalue weighted by molar-refractivity contribution is 7.18. The van der Waals surface area contributed by atoms with Crippen molar-refractivity contribution in [3.05, 3.63) is 17.3 Å². The third kappa shape index (κ3) is 1.95. The van der Waals surface area contributed by atoms with Crippen LogP contribution in [0.4, 0.5) is 5.82 Å². The number of carbonyl (C=O) groups is 1. The van der Waals surface area contributed by atoms with Gasteiger partial charge in [-0.3, -0.25) is 0 Å². The second-order valence-corrected chi connectivity index (χ2v) is 5.06. The van der Waals surface area contributed by atoms with Crippen molar-refractivity contribution >= 4 is 33.3 Å². The molecule has 3 rings (SSSR count). The Labute approximate surface area is 102 Å². The van der Waals surface area contributed by atoms with E-state index in [4.69, 9.17) is 5.11 Å². The maximum Gasteiger partial charge on any atom is 0.338 e. The molecule has 5 nitrogen and oxygen atoms in total. The van der Waals surface area contributed by atoms with Crippen LogP contribution in [0.1, 0.15) is 23.2 Å². The van der Waals surface area contributed by atoms with E-state index < -0.39 is 5.97 Å². The molecule has 2 heterocycles. The molecular formula is C11H11N3O2S. The average molecular weight is 249 g/mol. The van der Waals surface area contributed by atoms with E-state index >= 15 is 0 Å². The topological polar surface area (TPSA) is 75.1 Å². The summed E-state index contributed by atoms with van der Waals surface area (Å²) in [6.45, 7) is 0.909. The molecule has 1 aliphatic rings. The molecule has 1 saturated carbocycles. The van der Waals surface area contributed by atoms with Crippen LogP contribution in [0.15, 0.2) is 11.7 Å². The molecule has 88 valence electrons. The molecule has 0 aromatic carbocycles. The van der Waals surface area contributed by atoms with E-state index in [1.54, 1.807) is 5.38 Å². The number of aromatic carboxylic acids is 1. The van der Waals surface area contributed by atoms with Gasteiger partial charge in [0.2, 0.25) is 0 Å². The Morgan fingerprint density at radius 1 is 1.53 bits per heavy atom. The zero-order chi connectivity index (χ0) is 11.8. The van der Waals surface area contributed by atoms with Crippen LogP contribution in [0.5, 0.6) is 0 Å². The summed E-state index contributed by atoms with van der Waals surface area (Å²) >= 11 is 1.37. The lowest BCUT2D eigenvalue weighted by Gasteiger charge is -2.04. The van der Waals surface area contributed by atoms with Crippen molar-refractivity contribution in [1.29, 1.82) is 0 Å². The van der Waals surface area contributed by atoms with Gasteiger partial charge >= 0.3 is 5.97 Å². The molecule has 0 bridgehead atoms. The number of hydrogen-bond donors (Lipinski definition) is 2. The summed E-state index contributed by atoms with van der Waals surface area (Å²) in [6.07, 6.45) is 3.95. The molecule has 1 fully saturated rings. The fourth-order valence-corrected chi connectivity index (χ4v) is 2.65. The number of carboxylic acid groups (broad SMARTS) is 1. The molecule has 0 unspecified atom stereocenters. The molecule has 0 saturated heterocycles. The molecule has 0 atom stereocenters. The summed E-state index contributed by atoms with van der Waals surface area (Å²) in [6, 6.07) is 0. The van der Waals surface area contributed by atoms with E-state index in [-0.39, 0.29) is 5.56 Å². The molecule has 0 aliphatic heterocycles. The van der Waals surface area contributed by atoms with Crippen LogP contribution in [0, 0.1) is 5.92 Å². The maximum atomic E-state index is 11.0. The third-order valence-corrected chi connectivity index (χ3v) is 3.82. The number of thiophene rings is 1. The van der Waals surface area contributed by atoms with E-state index in [1.807, 2.05) is 0 Å². The molecule has 2 aromatic rings. The van der Waals surface area contributed by atoms with E-state index in [1.165, 1.54) is 30.5 Å². The van der Waals surface area contributed by atoms with Crippen molar-refractivity contribution in [2.45, 2.75) is 12.8 Å². The molecule has 2 aromatic heterocycles. The number of rotatable bonds is 4. The zero-order valence-electron chi connectivity index (χ0n) is 9.01. The van der Waals surface area contributed by atoms with Gasteiger partial charge in [0.15, 0.2) is 0 Å². The monoisotopic (exact) mass is 249 g/mol. The van der Waals surface area contributed by atoms with Crippen LogP contribution in [0.2, 0.25) is 0 Å². The quantitative estimate of drug-likeness (QED) is 0.869. The first-order valence-electron chi connectivity index (χ1n) is 5.45. The number of nitrogens with one attached hydrogen (secondary N) is 1. The standard InChI is InChI=1S/C11H11N3O2S/c15-11(16)7-4-17-9-8(7)13-5-14-10(9)12-3-6-1-2-6/h4-6H,1-3H2,(H,15,16)(H,12,13,14). The summed E-state index contributed by atoms with van der Waals surface area (Å²) in [5, 5.41) is 13.9. The minimum atomic E-state index is -0.942. The molecule has 1 aliphatic carbocycles. The van der Waals surface area contributed by atoms with E-state index in [0.29, 0.717) is 5.52 Å². The van der Waals surface area contributed by atoms with Crippen molar-refractivity contribution in [2.24, 2.45) is 5.92 Å². The number of aromatic nitrogens is 2. The van der Waals surface area contributed by atoms with Crippen LogP contribution < -0.4 is 5.32 Å². The Kier molecular flexibility index (Phi) is 2.44. The molecule has 0 radical (unpaired) electrons. The number of fused-ring (bicyclic) bond motifs is 1. The minimum Gasteiger partial charge on any atom is -0.478 e. The summed E-state index contributed by atoms with van der Waals surface area (Å²) in [5.41, 5.74) is 0.776. The predicted octanol–water partition coefficient (Wildman–Crippen LogP) is 2.21. The van der Waals surface area contributed by atoms with Crippen molar-refractivity contribution < 1.29 is 9.90 Å². The fourth-order valence-electron chi connectivity index (χ4n) is 1.69. The molecule has 2 N–H and O–H groups in total. The largest absolute Gasteiger partial charge is 0.478 e. The van der Waals surface area contributed by atoms with Crippen LogP contribution in [0.25, 0.3) is 10.2 Å². The summed E-state index contributed by atoms with van der Waals surface area (Å²) < 4.78 is 0.825. The lowest BCUT2D eigenvalue weighted by atomic mass is 10.3. The number of nitrogens with zero attached hydrogens (tertiary/aromatic N) is 2. The first-order valence-corrected chi connectivity index (χ1v) is 6.33. The summed E-state index contributed by atoms with van der Waals surface area (Å²) in [5.74, 6) is 0.557. The van der Waals surface area contributed by atoms with Crippen molar-refractivity contribution in [2.75, 3.05) is 11.9 Å². The summed E-state index contributed by atoms with van der Waals surface area (Å²) in [4.78, 5) is 19.2. The van der Waals surface area contributed by atoms with Gasteiger partial charge in [-0.15, -0.1) is 11.3 Å². The number of hydrogen-bond acceptors (Lipinski definition) is 5. The van der Waals surface area contributed by atoms with Gasteiger partial charge in [-0.05, 0) is 18.8 Å². The Hall–Kier alpha value is -1.69. The zero-order valence-corrected chi connectivity index (χ0v) is 9.83. The fraction of sp³-hybridized carbons (Fsp3) is 0.364. The lowest BCUT2D eigenvalue weighted by Crippen LogP contribution is -2.05. The second-order valence-electron chi connectivity index (χ2n) is 4.18. The Balaban J connectivity index is 1.97. The highest BCUT2D eigenvalue weighted by Gasteiger charge is 2.22. The van der Waals surface area contributed by atoms with Crippen molar-refractivity contribution in [3.63, 3.8) is 0 Å².